The predicted octanol–water partition coefficient (Wildman–Crippen LogP) is 2.31. The van der Waals surface area contributed by atoms with Crippen molar-refractivity contribution in [2.24, 2.45) is 11.8 Å². The summed E-state index contributed by atoms with van der Waals surface area (Å²) < 4.78 is 5.20. The van der Waals surface area contributed by atoms with Gasteiger partial charge in [0.15, 0.2) is 0 Å². The third-order valence-corrected chi connectivity index (χ3v) is 2.96. The summed E-state index contributed by atoms with van der Waals surface area (Å²) in [6.45, 7) is 5.66. The molecule has 0 bridgehead atoms. The molecule has 0 aromatic rings. The Morgan fingerprint density at radius 2 is 1.79 bits per heavy atom. The van der Waals surface area contributed by atoms with Crippen LogP contribution in [0.25, 0.3) is 0 Å². The van der Waals surface area contributed by atoms with Crippen LogP contribution < -0.4 is 5.32 Å². The largest absolute Gasteiger partial charge is 0.444 e. The number of alkyl carbamates (subject to hydrolysis) is 1. The molecule has 2 aliphatic carbocycles. The van der Waals surface area contributed by atoms with E-state index in [9.17, 15) is 4.79 Å². The Morgan fingerprint density at radius 1 is 1.21 bits per heavy atom. The van der Waals surface area contributed by atoms with Crippen molar-refractivity contribution < 1.29 is 9.53 Å². The van der Waals surface area contributed by atoms with E-state index in [0.717, 1.165) is 24.7 Å². The maximum absolute atomic E-state index is 11.4. The van der Waals surface area contributed by atoms with Crippen LogP contribution in [0.5, 0.6) is 0 Å². The molecule has 14 heavy (non-hydrogen) atoms. The summed E-state index contributed by atoms with van der Waals surface area (Å²) in [7, 11) is 0. The third kappa shape index (κ3) is 2.40. The van der Waals surface area contributed by atoms with Crippen molar-refractivity contribution in [3.63, 3.8) is 0 Å². The topological polar surface area (TPSA) is 38.3 Å². The van der Waals surface area contributed by atoms with E-state index in [2.05, 4.69) is 5.32 Å². The number of hydrogen-bond acceptors (Lipinski definition) is 2. The maximum Gasteiger partial charge on any atom is 0.407 e. The van der Waals surface area contributed by atoms with E-state index in [1.165, 1.54) is 6.42 Å². The zero-order valence-corrected chi connectivity index (χ0v) is 9.17. The van der Waals surface area contributed by atoms with Gasteiger partial charge >= 0.3 is 6.09 Å². The van der Waals surface area contributed by atoms with E-state index in [1.54, 1.807) is 0 Å². The highest BCUT2D eigenvalue weighted by atomic mass is 16.6. The molecule has 2 fully saturated rings. The Morgan fingerprint density at radius 3 is 2.29 bits per heavy atom. The second-order valence-electron chi connectivity index (χ2n) is 5.57. The number of ether oxygens (including phenoxy) is 1. The summed E-state index contributed by atoms with van der Waals surface area (Å²) in [5.74, 6) is 1.80. The highest BCUT2D eigenvalue weighted by molar-refractivity contribution is 5.68. The minimum atomic E-state index is -0.383. The van der Waals surface area contributed by atoms with E-state index in [0.29, 0.717) is 6.04 Å². The number of nitrogens with one attached hydrogen (secondary N) is 1. The molecule has 3 nitrogen and oxygen atoms in total. The summed E-state index contributed by atoms with van der Waals surface area (Å²) in [5.41, 5.74) is -0.383. The van der Waals surface area contributed by atoms with Crippen LogP contribution in [0.4, 0.5) is 4.79 Å². The Balaban J connectivity index is 1.72. The predicted molar refractivity (Wildman–Crippen MR) is 54.0 cm³/mol. The normalized spacial score (nSPS) is 34.9. The number of rotatable bonds is 1. The summed E-state index contributed by atoms with van der Waals surface area (Å²) >= 11 is 0. The molecule has 0 saturated heterocycles. The zero-order chi connectivity index (χ0) is 10.3. The number of hydrogen-bond donors (Lipinski definition) is 1. The van der Waals surface area contributed by atoms with Crippen molar-refractivity contribution in [1.29, 1.82) is 0 Å². The Labute approximate surface area is 85.2 Å². The average Bonchev–Trinajstić information content (AvgIpc) is 2.54. The van der Waals surface area contributed by atoms with Gasteiger partial charge in [-0.1, -0.05) is 0 Å². The van der Waals surface area contributed by atoms with E-state index in [-0.39, 0.29) is 11.7 Å². The van der Waals surface area contributed by atoms with E-state index >= 15 is 0 Å². The first-order valence-corrected chi connectivity index (χ1v) is 5.43. The van der Waals surface area contributed by atoms with Gasteiger partial charge < -0.3 is 10.1 Å². The molecule has 2 aliphatic rings. The standard InChI is InChI=1S/C11H19NO2/c1-11(2,3)14-10(13)12-9-5-7-4-8(7)6-9/h7-9H,4-6H2,1-3H3,(H,12,13)/t7-,8+,9?. The van der Waals surface area contributed by atoms with Crippen molar-refractivity contribution in [1.82, 2.24) is 5.32 Å². The highest BCUT2D eigenvalue weighted by Crippen LogP contribution is 2.51. The first-order chi connectivity index (χ1) is 6.44. The van der Waals surface area contributed by atoms with Crippen LogP contribution in [0, 0.1) is 11.8 Å². The van der Waals surface area contributed by atoms with Crippen molar-refractivity contribution in [2.75, 3.05) is 0 Å². The molecule has 0 aliphatic heterocycles. The van der Waals surface area contributed by atoms with Gasteiger partial charge in [0.05, 0.1) is 0 Å². The molecule has 2 rings (SSSR count). The number of amides is 1. The van der Waals surface area contributed by atoms with Crippen LogP contribution in [0.1, 0.15) is 40.0 Å². The van der Waals surface area contributed by atoms with Crippen LogP contribution in [0.15, 0.2) is 0 Å². The van der Waals surface area contributed by atoms with E-state index in [1.807, 2.05) is 20.8 Å². The summed E-state index contributed by atoms with van der Waals surface area (Å²) in [4.78, 5) is 11.4. The molecule has 0 heterocycles. The molecule has 80 valence electrons. The molecule has 2 saturated carbocycles. The third-order valence-electron chi connectivity index (χ3n) is 2.96. The molecule has 1 N–H and O–H groups in total. The van der Waals surface area contributed by atoms with Gasteiger partial charge in [-0.3, -0.25) is 0 Å². The van der Waals surface area contributed by atoms with E-state index in [4.69, 9.17) is 4.74 Å². The quantitative estimate of drug-likeness (QED) is 0.700. The van der Waals surface area contributed by atoms with Crippen LogP contribution in [0.2, 0.25) is 0 Å². The molecule has 1 amide bonds. The Kier molecular flexibility index (Phi) is 2.20. The number of carbonyl (C=O) groups is 1. The van der Waals surface area contributed by atoms with Crippen molar-refractivity contribution in [2.45, 2.75) is 51.7 Å². The van der Waals surface area contributed by atoms with Gasteiger partial charge in [-0.2, -0.15) is 0 Å². The lowest BCUT2D eigenvalue weighted by atomic mass is 10.1. The van der Waals surface area contributed by atoms with Gasteiger partial charge in [-0.05, 0) is 51.9 Å². The lowest BCUT2D eigenvalue weighted by molar-refractivity contribution is 0.0502. The molecule has 0 aromatic carbocycles. The van der Waals surface area contributed by atoms with Crippen LogP contribution in [-0.2, 0) is 4.74 Å². The summed E-state index contributed by atoms with van der Waals surface area (Å²) in [6, 6.07) is 0.369. The second-order valence-corrected chi connectivity index (χ2v) is 5.57. The van der Waals surface area contributed by atoms with Gasteiger partial charge in [0.1, 0.15) is 5.60 Å². The monoisotopic (exact) mass is 197 g/mol. The molecule has 0 aromatic heterocycles. The summed E-state index contributed by atoms with van der Waals surface area (Å²) in [6.07, 6.45) is 3.43. The Bertz CT molecular complexity index is 234. The SMILES string of the molecule is CC(C)(C)OC(=O)NC1C[C@@H]2C[C@@H]2C1. The van der Waals surface area contributed by atoms with Crippen LogP contribution in [-0.4, -0.2) is 17.7 Å². The van der Waals surface area contributed by atoms with Gasteiger partial charge in [0.2, 0.25) is 0 Å². The molecular formula is C11H19NO2. The molecule has 1 unspecified atom stereocenters. The molecule has 0 radical (unpaired) electrons. The molecule has 3 heteroatoms. The fraction of sp³-hybridized carbons (Fsp3) is 0.909. The van der Waals surface area contributed by atoms with Crippen LogP contribution in [0.3, 0.4) is 0 Å². The van der Waals surface area contributed by atoms with Crippen LogP contribution >= 0.6 is 0 Å². The van der Waals surface area contributed by atoms with Crippen molar-refractivity contribution in [3.05, 3.63) is 0 Å². The van der Waals surface area contributed by atoms with Gasteiger partial charge in [-0.25, -0.2) is 4.79 Å². The Hall–Kier alpha value is -0.730. The summed E-state index contributed by atoms with van der Waals surface area (Å²) in [5, 5.41) is 2.94. The minimum Gasteiger partial charge on any atom is -0.444 e. The van der Waals surface area contributed by atoms with Gasteiger partial charge in [0, 0.05) is 6.04 Å². The minimum absolute atomic E-state index is 0.260. The fourth-order valence-electron chi connectivity index (χ4n) is 2.31. The average molecular weight is 197 g/mol. The highest BCUT2D eigenvalue weighted by Gasteiger charge is 2.46. The molecule has 3 atom stereocenters. The first kappa shape index (κ1) is 9.81. The maximum atomic E-state index is 11.4. The van der Waals surface area contributed by atoms with Crippen molar-refractivity contribution in [3.8, 4) is 0 Å². The molecular weight excluding hydrogens is 178 g/mol. The van der Waals surface area contributed by atoms with Crippen molar-refractivity contribution >= 4 is 6.09 Å². The van der Waals surface area contributed by atoms with Gasteiger partial charge in [0.25, 0.3) is 0 Å². The molecule has 0 spiro atoms. The smallest absolute Gasteiger partial charge is 0.407 e. The zero-order valence-electron chi connectivity index (χ0n) is 9.17. The van der Waals surface area contributed by atoms with Gasteiger partial charge in [-0.15, -0.1) is 0 Å². The fourth-order valence-corrected chi connectivity index (χ4v) is 2.31. The number of carbonyl (C=O) groups excluding carboxylic acids is 1. The lowest BCUT2D eigenvalue weighted by Crippen LogP contribution is -2.38. The second kappa shape index (κ2) is 3.14. The number of fused-ring (bicyclic) bond motifs is 1. The van der Waals surface area contributed by atoms with E-state index < -0.39 is 0 Å². The lowest BCUT2D eigenvalue weighted by Gasteiger charge is -2.22. The first-order valence-electron chi connectivity index (χ1n) is 5.43.